The number of rotatable bonds is 5. The number of carbonyl (C=O) groups excluding carboxylic acids is 1. The van der Waals surface area contributed by atoms with Gasteiger partial charge in [-0.3, -0.25) is 9.36 Å². The predicted octanol–water partition coefficient (Wildman–Crippen LogP) is 2.69. The Morgan fingerprint density at radius 3 is 2.48 bits per heavy atom. The maximum absolute atomic E-state index is 13.1. The SMILES string of the molecule is O=C(Nc1ccc(-n2cnc3ccccc32)nc1)c1ccccc1S(=O)(=O)N1CCOCC1. The fraction of sp³-hybridized carbons (Fsp3) is 0.174. The molecule has 1 fully saturated rings. The number of fused-ring (bicyclic) bond motifs is 1. The Bertz CT molecular complexity index is 1410. The zero-order valence-corrected chi connectivity index (χ0v) is 18.4. The van der Waals surface area contributed by atoms with E-state index in [2.05, 4.69) is 15.3 Å². The quantitative estimate of drug-likeness (QED) is 0.488. The van der Waals surface area contributed by atoms with Gasteiger partial charge in [-0.15, -0.1) is 0 Å². The molecule has 5 rings (SSSR count). The average Bonchev–Trinajstić information content (AvgIpc) is 3.29. The number of pyridine rings is 1. The van der Waals surface area contributed by atoms with Crippen molar-refractivity contribution < 1.29 is 17.9 Å². The first-order chi connectivity index (χ1) is 16.0. The van der Waals surface area contributed by atoms with Crippen LogP contribution in [-0.4, -0.2) is 59.5 Å². The van der Waals surface area contributed by atoms with Crippen molar-refractivity contribution in [2.75, 3.05) is 31.6 Å². The largest absolute Gasteiger partial charge is 0.379 e. The number of ether oxygens (including phenoxy) is 1. The fourth-order valence-electron chi connectivity index (χ4n) is 3.75. The Balaban J connectivity index is 1.38. The summed E-state index contributed by atoms with van der Waals surface area (Å²) in [6.07, 6.45) is 3.22. The zero-order chi connectivity index (χ0) is 22.8. The molecule has 2 aromatic carbocycles. The Morgan fingerprint density at radius 2 is 1.70 bits per heavy atom. The second kappa shape index (κ2) is 8.74. The first-order valence-corrected chi connectivity index (χ1v) is 11.8. The second-order valence-corrected chi connectivity index (χ2v) is 9.38. The van der Waals surface area contributed by atoms with E-state index in [1.54, 1.807) is 30.6 Å². The number of nitrogens with zero attached hydrogens (tertiary/aromatic N) is 4. The molecular formula is C23H21N5O4S. The predicted molar refractivity (Wildman–Crippen MR) is 123 cm³/mol. The molecule has 0 saturated carbocycles. The van der Waals surface area contributed by atoms with Crippen LogP contribution in [0.1, 0.15) is 10.4 Å². The summed E-state index contributed by atoms with van der Waals surface area (Å²) in [5.41, 5.74) is 2.30. The summed E-state index contributed by atoms with van der Waals surface area (Å²) < 4.78 is 34.7. The molecule has 0 atom stereocenters. The van der Waals surface area contributed by atoms with Crippen LogP contribution in [0.15, 0.2) is 78.1 Å². The van der Waals surface area contributed by atoms with Crippen molar-refractivity contribution in [3.05, 3.63) is 78.8 Å². The molecule has 0 bridgehead atoms. The van der Waals surface area contributed by atoms with Gasteiger partial charge in [0.1, 0.15) is 12.1 Å². The molecule has 0 aliphatic carbocycles. The maximum Gasteiger partial charge on any atom is 0.257 e. The van der Waals surface area contributed by atoms with Gasteiger partial charge in [-0.05, 0) is 36.4 Å². The Labute approximate surface area is 190 Å². The van der Waals surface area contributed by atoms with E-state index in [0.29, 0.717) is 24.7 Å². The second-order valence-electron chi connectivity index (χ2n) is 7.48. The summed E-state index contributed by atoms with van der Waals surface area (Å²) in [6, 6.07) is 17.4. The number of hydrogen-bond acceptors (Lipinski definition) is 6. The molecule has 1 aliphatic heterocycles. The lowest BCUT2D eigenvalue weighted by atomic mass is 10.2. The lowest BCUT2D eigenvalue weighted by molar-refractivity contribution is 0.0730. The standard InChI is InChI=1S/C23H21N5O4S/c29-23(18-5-1-4-8-21(18)33(30,31)27-11-13-32-14-12-27)26-17-9-10-22(24-15-17)28-16-25-19-6-2-3-7-20(19)28/h1-10,15-16H,11-14H2,(H,26,29). The molecule has 3 heterocycles. The Hall–Kier alpha value is -3.60. The molecule has 0 spiro atoms. The van der Waals surface area contributed by atoms with Crippen LogP contribution in [0.25, 0.3) is 16.9 Å². The van der Waals surface area contributed by atoms with Crippen molar-refractivity contribution in [1.82, 2.24) is 18.8 Å². The fourth-order valence-corrected chi connectivity index (χ4v) is 5.35. The highest BCUT2D eigenvalue weighted by atomic mass is 32.2. The first-order valence-electron chi connectivity index (χ1n) is 10.4. The molecule has 4 aromatic rings. The smallest absolute Gasteiger partial charge is 0.257 e. The van der Waals surface area contributed by atoms with Crippen LogP contribution in [0.5, 0.6) is 0 Å². The van der Waals surface area contributed by atoms with Crippen molar-refractivity contribution in [1.29, 1.82) is 0 Å². The number of morpholine rings is 1. The van der Waals surface area contributed by atoms with Crippen molar-refractivity contribution in [3.63, 3.8) is 0 Å². The normalized spacial score (nSPS) is 14.9. The molecule has 2 aromatic heterocycles. The topological polar surface area (TPSA) is 106 Å². The molecule has 0 unspecified atom stereocenters. The van der Waals surface area contributed by atoms with E-state index in [4.69, 9.17) is 4.74 Å². The van der Waals surface area contributed by atoms with Gasteiger partial charge in [0, 0.05) is 13.1 Å². The van der Waals surface area contributed by atoms with E-state index >= 15 is 0 Å². The first kappa shape index (κ1) is 21.3. The van der Waals surface area contributed by atoms with Gasteiger partial charge in [0.05, 0.1) is 46.6 Å². The molecule has 1 N–H and O–H groups in total. The highest BCUT2D eigenvalue weighted by Crippen LogP contribution is 2.23. The third-order valence-corrected chi connectivity index (χ3v) is 7.38. The van der Waals surface area contributed by atoms with Gasteiger partial charge in [-0.2, -0.15) is 4.31 Å². The average molecular weight is 464 g/mol. The molecular weight excluding hydrogens is 442 g/mol. The van der Waals surface area contributed by atoms with Crippen LogP contribution >= 0.6 is 0 Å². The van der Waals surface area contributed by atoms with Gasteiger partial charge in [0.25, 0.3) is 5.91 Å². The zero-order valence-electron chi connectivity index (χ0n) is 17.6. The highest BCUT2D eigenvalue weighted by Gasteiger charge is 2.30. The highest BCUT2D eigenvalue weighted by molar-refractivity contribution is 7.89. The minimum atomic E-state index is -3.82. The van der Waals surface area contributed by atoms with E-state index in [1.165, 1.54) is 22.6 Å². The number of sulfonamides is 1. The third kappa shape index (κ3) is 4.11. The van der Waals surface area contributed by atoms with Gasteiger partial charge in [0.15, 0.2) is 0 Å². The minimum Gasteiger partial charge on any atom is -0.379 e. The molecule has 33 heavy (non-hydrogen) atoms. The summed E-state index contributed by atoms with van der Waals surface area (Å²) in [4.78, 5) is 21.8. The van der Waals surface area contributed by atoms with Crippen LogP contribution in [0.2, 0.25) is 0 Å². The minimum absolute atomic E-state index is 0.0288. The molecule has 1 amide bonds. The molecule has 1 saturated heterocycles. The van der Waals surface area contributed by atoms with Gasteiger partial charge >= 0.3 is 0 Å². The van der Waals surface area contributed by atoms with E-state index in [-0.39, 0.29) is 23.5 Å². The number of aromatic nitrogens is 3. The van der Waals surface area contributed by atoms with Gasteiger partial charge in [-0.25, -0.2) is 18.4 Å². The van der Waals surface area contributed by atoms with Crippen molar-refractivity contribution >= 4 is 32.7 Å². The van der Waals surface area contributed by atoms with Crippen molar-refractivity contribution in [2.24, 2.45) is 0 Å². The molecule has 1 aliphatic rings. The molecule has 9 nitrogen and oxygen atoms in total. The van der Waals surface area contributed by atoms with Crippen molar-refractivity contribution in [3.8, 4) is 5.82 Å². The van der Waals surface area contributed by atoms with Gasteiger partial charge < -0.3 is 10.1 Å². The van der Waals surface area contributed by atoms with E-state index in [9.17, 15) is 13.2 Å². The summed E-state index contributed by atoms with van der Waals surface area (Å²) in [7, 11) is -3.82. The van der Waals surface area contributed by atoms with Crippen molar-refractivity contribution in [2.45, 2.75) is 4.90 Å². The molecule has 0 radical (unpaired) electrons. The summed E-state index contributed by atoms with van der Waals surface area (Å²) >= 11 is 0. The lowest BCUT2D eigenvalue weighted by Crippen LogP contribution is -2.41. The monoisotopic (exact) mass is 463 g/mol. The lowest BCUT2D eigenvalue weighted by Gasteiger charge is -2.26. The number of carbonyl (C=O) groups is 1. The third-order valence-electron chi connectivity index (χ3n) is 5.43. The summed E-state index contributed by atoms with van der Waals surface area (Å²) in [5, 5.41) is 2.75. The number of benzene rings is 2. The van der Waals surface area contributed by atoms with E-state index < -0.39 is 15.9 Å². The number of anilines is 1. The number of amides is 1. The summed E-state index contributed by atoms with van der Waals surface area (Å²) in [6.45, 7) is 1.18. The van der Waals surface area contributed by atoms with Crippen LogP contribution in [-0.2, 0) is 14.8 Å². The van der Waals surface area contributed by atoms with E-state index in [1.807, 2.05) is 28.8 Å². The van der Waals surface area contributed by atoms with Crippen LogP contribution < -0.4 is 5.32 Å². The number of imidazole rings is 1. The maximum atomic E-state index is 13.1. The van der Waals surface area contributed by atoms with Gasteiger partial charge in [-0.1, -0.05) is 24.3 Å². The van der Waals surface area contributed by atoms with Crippen LogP contribution in [0.3, 0.4) is 0 Å². The molecule has 10 heteroatoms. The number of nitrogens with one attached hydrogen (secondary N) is 1. The number of para-hydroxylation sites is 2. The van der Waals surface area contributed by atoms with Gasteiger partial charge in [0.2, 0.25) is 10.0 Å². The van der Waals surface area contributed by atoms with Crippen LogP contribution in [0.4, 0.5) is 5.69 Å². The number of hydrogen-bond donors (Lipinski definition) is 1. The van der Waals surface area contributed by atoms with E-state index in [0.717, 1.165) is 11.0 Å². The summed E-state index contributed by atoms with van der Waals surface area (Å²) in [5.74, 6) is 0.127. The van der Waals surface area contributed by atoms with Crippen LogP contribution in [0, 0.1) is 0 Å². The Kier molecular flexibility index (Phi) is 5.63. The molecule has 168 valence electrons. The Morgan fingerprint density at radius 1 is 0.939 bits per heavy atom.